The highest BCUT2D eigenvalue weighted by molar-refractivity contribution is 6.23. The van der Waals surface area contributed by atoms with Crippen LogP contribution in [0.3, 0.4) is 0 Å². The van der Waals surface area contributed by atoms with Crippen molar-refractivity contribution in [2.75, 3.05) is 6.61 Å². The number of rotatable bonds is 4. The lowest BCUT2D eigenvalue weighted by atomic mass is 10.0. The molecule has 124 valence electrons. The highest BCUT2D eigenvalue weighted by Gasteiger charge is 2.44. The minimum absolute atomic E-state index is 0.103. The van der Waals surface area contributed by atoms with Crippen LogP contribution in [-0.4, -0.2) is 41.2 Å². The zero-order valence-corrected chi connectivity index (χ0v) is 13.1. The van der Waals surface area contributed by atoms with Gasteiger partial charge in [-0.2, -0.15) is 0 Å². The number of carbonyl (C=O) groups excluding carboxylic acids is 4. The van der Waals surface area contributed by atoms with E-state index in [1.165, 1.54) is 6.26 Å². The molecule has 1 aromatic rings. The van der Waals surface area contributed by atoms with Gasteiger partial charge in [-0.25, -0.2) is 0 Å². The summed E-state index contributed by atoms with van der Waals surface area (Å²) in [4.78, 5) is 49.3. The molecule has 0 aliphatic carbocycles. The Morgan fingerprint density at radius 3 is 2.67 bits per heavy atom. The molecule has 0 spiro atoms. The second-order valence-electron chi connectivity index (χ2n) is 5.51. The van der Waals surface area contributed by atoms with Gasteiger partial charge < -0.3 is 4.74 Å². The SMILES string of the molecule is CCOC=Cc1ccc2c(c1)C(=O)N(C1CCC(=O)NC1=O)C2=O. The van der Waals surface area contributed by atoms with E-state index in [0.717, 1.165) is 4.90 Å². The largest absolute Gasteiger partial charge is 0.501 e. The molecule has 3 rings (SSSR count). The minimum atomic E-state index is -0.947. The molecule has 1 unspecified atom stereocenters. The number of nitrogens with one attached hydrogen (secondary N) is 1. The lowest BCUT2D eigenvalue weighted by Gasteiger charge is -2.27. The maximum Gasteiger partial charge on any atom is 0.262 e. The molecule has 0 radical (unpaired) electrons. The van der Waals surface area contributed by atoms with Crippen molar-refractivity contribution in [3.63, 3.8) is 0 Å². The number of carbonyl (C=O) groups is 4. The number of imide groups is 2. The predicted molar refractivity (Wildman–Crippen MR) is 83.8 cm³/mol. The number of amides is 4. The summed E-state index contributed by atoms with van der Waals surface area (Å²) in [5.74, 6) is -2.03. The van der Waals surface area contributed by atoms with Gasteiger partial charge in [0.15, 0.2) is 0 Å². The van der Waals surface area contributed by atoms with E-state index >= 15 is 0 Å². The Kier molecular flexibility index (Phi) is 4.16. The van der Waals surface area contributed by atoms with E-state index in [0.29, 0.717) is 12.2 Å². The van der Waals surface area contributed by atoms with Crippen molar-refractivity contribution < 1.29 is 23.9 Å². The average Bonchev–Trinajstić information content (AvgIpc) is 2.80. The van der Waals surface area contributed by atoms with Crippen LogP contribution in [0, 0.1) is 0 Å². The van der Waals surface area contributed by atoms with Gasteiger partial charge in [0.1, 0.15) is 6.04 Å². The minimum Gasteiger partial charge on any atom is -0.501 e. The van der Waals surface area contributed by atoms with Gasteiger partial charge in [-0.1, -0.05) is 6.07 Å². The Morgan fingerprint density at radius 2 is 1.96 bits per heavy atom. The zero-order chi connectivity index (χ0) is 17.3. The number of hydrogen-bond donors (Lipinski definition) is 1. The van der Waals surface area contributed by atoms with Crippen molar-refractivity contribution in [2.45, 2.75) is 25.8 Å². The van der Waals surface area contributed by atoms with Gasteiger partial charge in [-0.05, 0) is 37.1 Å². The molecule has 7 heteroatoms. The summed E-state index contributed by atoms with van der Waals surface area (Å²) in [7, 11) is 0. The third kappa shape index (κ3) is 2.68. The van der Waals surface area contributed by atoms with Crippen molar-refractivity contribution in [3.05, 3.63) is 41.2 Å². The van der Waals surface area contributed by atoms with E-state index in [1.54, 1.807) is 24.3 Å². The van der Waals surface area contributed by atoms with Gasteiger partial charge in [0.25, 0.3) is 11.8 Å². The van der Waals surface area contributed by atoms with Crippen molar-refractivity contribution in [3.8, 4) is 0 Å². The first-order valence-corrected chi connectivity index (χ1v) is 7.66. The fourth-order valence-corrected chi connectivity index (χ4v) is 2.82. The van der Waals surface area contributed by atoms with Gasteiger partial charge in [-0.15, -0.1) is 0 Å². The van der Waals surface area contributed by atoms with Crippen molar-refractivity contribution in [1.29, 1.82) is 0 Å². The molecule has 2 aliphatic rings. The molecule has 4 amide bonds. The van der Waals surface area contributed by atoms with E-state index in [4.69, 9.17) is 4.74 Å². The topological polar surface area (TPSA) is 92.8 Å². The van der Waals surface area contributed by atoms with Crippen LogP contribution in [0.2, 0.25) is 0 Å². The van der Waals surface area contributed by atoms with Crippen LogP contribution in [0.4, 0.5) is 0 Å². The van der Waals surface area contributed by atoms with Crippen LogP contribution < -0.4 is 5.32 Å². The highest BCUT2D eigenvalue weighted by atomic mass is 16.5. The number of piperidine rings is 1. The highest BCUT2D eigenvalue weighted by Crippen LogP contribution is 2.28. The summed E-state index contributed by atoms with van der Waals surface area (Å²) in [5.41, 5.74) is 1.23. The molecule has 24 heavy (non-hydrogen) atoms. The molecule has 1 fully saturated rings. The summed E-state index contributed by atoms with van der Waals surface area (Å²) in [6.45, 7) is 2.38. The molecular weight excluding hydrogens is 312 g/mol. The average molecular weight is 328 g/mol. The Balaban J connectivity index is 1.88. The number of ether oxygens (including phenoxy) is 1. The Bertz CT molecular complexity index is 768. The summed E-state index contributed by atoms with van der Waals surface area (Å²) >= 11 is 0. The number of nitrogens with zero attached hydrogens (tertiary/aromatic N) is 1. The molecular formula is C17H16N2O5. The third-order valence-corrected chi connectivity index (χ3v) is 3.99. The number of hydrogen-bond acceptors (Lipinski definition) is 5. The maximum atomic E-state index is 12.6. The van der Waals surface area contributed by atoms with E-state index in [-0.39, 0.29) is 24.0 Å². The quantitative estimate of drug-likeness (QED) is 0.660. The fraction of sp³-hybridized carbons (Fsp3) is 0.294. The monoisotopic (exact) mass is 328 g/mol. The van der Waals surface area contributed by atoms with Crippen molar-refractivity contribution in [2.24, 2.45) is 0 Å². The Labute approximate surface area is 138 Å². The predicted octanol–water partition coefficient (Wildman–Crippen LogP) is 1.09. The standard InChI is InChI=1S/C17H16N2O5/c1-2-24-8-7-10-3-4-11-12(9-10)17(23)19(16(11)22)13-5-6-14(20)18-15(13)21/h3-4,7-9,13H,2,5-6H2,1H3,(H,18,20,21). The van der Waals surface area contributed by atoms with E-state index in [9.17, 15) is 19.2 Å². The molecule has 0 bridgehead atoms. The molecule has 1 atom stereocenters. The van der Waals surface area contributed by atoms with Gasteiger partial charge in [-0.3, -0.25) is 29.4 Å². The van der Waals surface area contributed by atoms with Crippen molar-refractivity contribution in [1.82, 2.24) is 10.2 Å². The van der Waals surface area contributed by atoms with Crippen LogP contribution in [0.1, 0.15) is 46.0 Å². The first-order chi connectivity index (χ1) is 11.5. The van der Waals surface area contributed by atoms with Crippen molar-refractivity contribution >= 4 is 29.7 Å². The normalized spacial score (nSPS) is 20.5. The zero-order valence-electron chi connectivity index (χ0n) is 13.1. The van der Waals surface area contributed by atoms with Crippen LogP contribution in [0.25, 0.3) is 6.08 Å². The molecule has 2 aliphatic heterocycles. The molecule has 2 heterocycles. The van der Waals surface area contributed by atoms with Crippen LogP contribution in [0.5, 0.6) is 0 Å². The number of fused-ring (bicyclic) bond motifs is 1. The molecule has 7 nitrogen and oxygen atoms in total. The summed E-state index contributed by atoms with van der Waals surface area (Å²) < 4.78 is 5.12. The Hall–Kier alpha value is -2.96. The van der Waals surface area contributed by atoms with Gasteiger partial charge in [0.2, 0.25) is 11.8 Å². The fourth-order valence-electron chi connectivity index (χ4n) is 2.82. The van der Waals surface area contributed by atoms with E-state index in [2.05, 4.69) is 5.32 Å². The molecule has 0 saturated carbocycles. The summed E-state index contributed by atoms with van der Waals surface area (Å²) in [6, 6.07) is 3.91. The summed E-state index contributed by atoms with van der Waals surface area (Å²) in [5, 5.41) is 2.17. The number of benzene rings is 1. The van der Waals surface area contributed by atoms with Crippen LogP contribution in [-0.2, 0) is 14.3 Å². The lowest BCUT2D eigenvalue weighted by molar-refractivity contribution is -0.136. The maximum absolute atomic E-state index is 12.6. The Morgan fingerprint density at radius 1 is 1.21 bits per heavy atom. The molecule has 1 saturated heterocycles. The summed E-state index contributed by atoms with van der Waals surface area (Å²) in [6.07, 6.45) is 3.45. The van der Waals surface area contributed by atoms with Crippen LogP contribution >= 0.6 is 0 Å². The van der Waals surface area contributed by atoms with E-state index < -0.39 is 29.7 Å². The second kappa shape index (κ2) is 6.27. The first kappa shape index (κ1) is 15.9. The van der Waals surface area contributed by atoms with E-state index in [1.807, 2.05) is 6.92 Å². The second-order valence-corrected chi connectivity index (χ2v) is 5.51. The molecule has 1 aromatic carbocycles. The van der Waals surface area contributed by atoms with Gasteiger partial charge in [0, 0.05) is 6.42 Å². The lowest BCUT2D eigenvalue weighted by Crippen LogP contribution is -2.54. The third-order valence-electron chi connectivity index (χ3n) is 3.99. The molecule has 1 N–H and O–H groups in total. The first-order valence-electron chi connectivity index (χ1n) is 7.66. The van der Waals surface area contributed by atoms with Crippen LogP contribution in [0.15, 0.2) is 24.5 Å². The van der Waals surface area contributed by atoms with Gasteiger partial charge >= 0.3 is 0 Å². The molecule has 0 aromatic heterocycles. The smallest absolute Gasteiger partial charge is 0.262 e. The van der Waals surface area contributed by atoms with Gasteiger partial charge in [0.05, 0.1) is 24.0 Å².